The van der Waals surface area contributed by atoms with E-state index in [-0.39, 0.29) is 28.2 Å². The first-order valence-corrected chi connectivity index (χ1v) is 8.57. The van der Waals surface area contributed by atoms with Crippen molar-refractivity contribution in [2.75, 3.05) is 6.61 Å². The first-order valence-electron chi connectivity index (χ1n) is 8.20. The predicted octanol–water partition coefficient (Wildman–Crippen LogP) is 3.35. The number of nitrogens with one attached hydrogen (secondary N) is 1. The topological polar surface area (TPSA) is 98.5 Å². The van der Waals surface area contributed by atoms with E-state index in [9.17, 15) is 19.7 Å². The van der Waals surface area contributed by atoms with Gasteiger partial charge in [-0.15, -0.1) is 0 Å². The molecule has 1 fully saturated rings. The van der Waals surface area contributed by atoms with Crippen LogP contribution in [0, 0.1) is 22.0 Å². The van der Waals surface area contributed by atoms with E-state index >= 15 is 0 Å². The second kappa shape index (κ2) is 8.29. The normalized spacial score (nSPS) is 22.9. The number of ether oxygens (including phenoxy) is 1. The van der Waals surface area contributed by atoms with Gasteiger partial charge in [0.1, 0.15) is 5.02 Å². The lowest BCUT2D eigenvalue weighted by molar-refractivity contribution is -0.384. The van der Waals surface area contributed by atoms with E-state index in [0.717, 1.165) is 25.3 Å². The molecule has 0 unspecified atom stereocenters. The van der Waals surface area contributed by atoms with Crippen LogP contribution in [0.15, 0.2) is 18.2 Å². The molecule has 1 aliphatic rings. The third kappa shape index (κ3) is 4.92. The van der Waals surface area contributed by atoms with Crippen molar-refractivity contribution >= 4 is 29.2 Å². The number of nitro benzene ring substituents is 1. The van der Waals surface area contributed by atoms with Crippen LogP contribution in [-0.4, -0.2) is 29.4 Å². The molecule has 7 nitrogen and oxygen atoms in total. The first-order chi connectivity index (χ1) is 11.8. The number of esters is 1. The van der Waals surface area contributed by atoms with E-state index in [1.165, 1.54) is 12.1 Å². The maximum absolute atomic E-state index is 12.0. The number of benzene rings is 1. The molecule has 0 saturated heterocycles. The van der Waals surface area contributed by atoms with Gasteiger partial charge in [0, 0.05) is 12.1 Å². The number of halogens is 1. The number of hydrogen-bond donors (Lipinski definition) is 1. The van der Waals surface area contributed by atoms with Crippen molar-refractivity contribution in [3.05, 3.63) is 38.9 Å². The van der Waals surface area contributed by atoms with Crippen LogP contribution in [0.4, 0.5) is 5.69 Å². The monoisotopic (exact) mass is 368 g/mol. The van der Waals surface area contributed by atoms with Crippen LogP contribution in [-0.2, 0) is 9.53 Å². The molecule has 0 radical (unpaired) electrons. The molecule has 0 heterocycles. The lowest BCUT2D eigenvalue weighted by Gasteiger charge is -2.34. The van der Waals surface area contributed by atoms with Crippen LogP contribution < -0.4 is 5.32 Å². The van der Waals surface area contributed by atoms with E-state index in [0.29, 0.717) is 11.8 Å². The molecule has 1 saturated carbocycles. The van der Waals surface area contributed by atoms with E-state index in [4.69, 9.17) is 16.3 Å². The third-order valence-electron chi connectivity index (χ3n) is 4.77. The molecule has 1 N–H and O–H groups in total. The molecule has 0 bridgehead atoms. The minimum atomic E-state index is -0.806. The van der Waals surface area contributed by atoms with Gasteiger partial charge in [0.2, 0.25) is 0 Å². The number of carbonyl (C=O) groups excluding carboxylic acids is 2. The molecule has 1 aromatic rings. The Kier molecular flexibility index (Phi) is 6.36. The number of nitro groups is 1. The Morgan fingerprint density at radius 2 is 2.08 bits per heavy atom. The number of rotatable bonds is 5. The Bertz CT molecular complexity index is 679. The van der Waals surface area contributed by atoms with Crippen molar-refractivity contribution < 1.29 is 19.2 Å². The van der Waals surface area contributed by atoms with E-state index in [1.54, 1.807) is 0 Å². The summed E-state index contributed by atoms with van der Waals surface area (Å²) in [5.41, 5.74) is -0.408. The Labute approximate surface area is 150 Å². The number of nitrogens with zero attached hydrogens (tertiary/aromatic N) is 1. The van der Waals surface area contributed by atoms with Crippen molar-refractivity contribution in [2.24, 2.45) is 11.8 Å². The summed E-state index contributed by atoms with van der Waals surface area (Å²) in [4.78, 5) is 34.1. The standard InChI is InChI=1S/C17H21ClN2O5/c1-10-4-3-5-14(11(10)2)19-16(21)9-25-17(22)12-6-7-13(18)15(8-12)20(23)24/h6-8,10-11,14H,3-5,9H2,1-2H3,(H,19,21)/t10-,11+,14+/m0/s1. The summed E-state index contributed by atoms with van der Waals surface area (Å²) in [7, 11) is 0. The van der Waals surface area contributed by atoms with Gasteiger partial charge < -0.3 is 10.1 Å². The van der Waals surface area contributed by atoms with Gasteiger partial charge in [0.05, 0.1) is 10.5 Å². The Morgan fingerprint density at radius 3 is 2.76 bits per heavy atom. The van der Waals surface area contributed by atoms with Gasteiger partial charge in [0.15, 0.2) is 6.61 Å². The lowest BCUT2D eigenvalue weighted by atomic mass is 9.78. The number of hydrogen-bond acceptors (Lipinski definition) is 5. The number of carbonyl (C=O) groups is 2. The summed E-state index contributed by atoms with van der Waals surface area (Å²) < 4.78 is 4.95. The molecule has 8 heteroatoms. The van der Waals surface area contributed by atoms with Crippen LogP contribution in [0.5, 0.6) is 0 Å². The zero-order valence-electron chi connectivity index (χ0n) is 14.2. The first kappa shape index (κ1) is 19.2. The maximum Gasteiger partial charge on any atom is 0.338 e. The molecule has 0 aromatic heterocycles. The Balaban J connectivity index is 1.90. The minimum absolute atomic E-state index is 0.0245. The van der Waals surface area contributed by atoms with Crippen LogP contribution in [0.25, 0.3) is 0 Å². The molecule has 0 aliphatic heterocycles. The van der Waals surface area contributed by atoms with Crippen molar-refractivity contribution in [2.45, 2.75) is 39.2 Å². The summed E-state index contributed by atoms with van der Waals surface area (Å²) in [5, 5.41) is 13.7. The van der Waals surface area contributed by atoms with Gasteiger partial charge in [-0.05, 0) is 30.4 Å². The van der Waals surface area contributed by atoms with Crippen molar-refractivity contribution in [3.63, 3.8) is 0 Å². The summed E-state index contributed by atoms with van der Waals surface area (Å²) in [6, 6.07) is 3.68. The van der Waals surface area contributed by atoms with Crippen LogP contribution in [0.2, 0.25) is 5.02 Å². The highest BCUT2D eigenvalue weighted by Crippen LogP contribution is 2.29. The second-order valence-electron chi connectivity index (χ2n) is 6.44. The van der Waals surface area contributed by atoms with Crippen molar-refractivity contribution in [3.8, 4) is 0 Å². The van der Waals surface area contributed by atoms with Gasteiger partial charge in [-0.1, -0.05) is 38.3 Å². The molecule has 25 heavy (non-hydrogen) atoms. The third-order valence-corrected chi connectivity index (χ3v) is 5.09. The van der Waals surface area contributed by atoms with Crippen LogP contribution in [0.1, 0.15) is 43.5 Å². The van der Waals surface area contributed by atoms with E-state index in [1.807, 2.05) is 0 Å². The fourth-order valence-corrected chi connectivity index (χ4v) is 3.21. The molecular formula is C17H21ClN2O5. The Morgan fingerprint density at radius 1 is 1.36 bits per heavy atom. The van der Waals surface area contributed by atoms with Crippen molar-refractivity contribution in [1.82, 2.24) is 5.32 Å². The SMILES string of the molecule is C[C@@H]1[C@@H](C)CCC[C@H]1NC(=O)COC(=O)c1ccc(Cl)c([N+](=O)[O-])c1. The molecule has 2 rings (SSSR count). The highest BCUT2D eigenvalue weighted by atomic mass is 35.5. The van der Waals surface area contributed by atoms with Crippen LogP contribution >= 0.6 is 11.6 Å². The molecule has 1 aromatic carbocycles. The molecular weight excluding hydrogens is 348 g/mol. The average Bonchev–Trinajstić information content (AvgIpc) is 2.57. The largest absolute Gasteiger partial charge is 0.452 e. The van der Waals surface area contributed by atoms with Crippen molar-refractivity contribution in [1.29, 1.82) is 0 Å². The minimum Gasteiger partial charge on any atom is -0.452 e. The second-order valence-corrected chi connectivity index (χ2v) is 6.85. The molecule has 1 aliphatic carbocycles. The lowest BCUT2D eigenvalue weighted by Crippen LogP contribution is -2.45. The summed E-state index contributed by atoms with van der Waals surface area (Å²) in [6.45, 7) is 3.84. The molecule has 136 valence electrons. The molecule has 1 amide bonds. The van der Waals surface area contributed by atoms with Gasteiger partial charge in [-0.3, -0.25) is 14.9 Å². The van der Waals surface area contributed by atoms with E-state index < -0.39 is 17.5 Å². The molecule has 3 atom stereocenters. The van der Waals surface area contributed by atoms with Gasteiger partial charge in [-0.2, -0.15) is 0 Å². The predicted molar refractivity (Wildman–Crippen MR) is 92.5 cm³/mol. The van der Waals surface area contributed by atoms with Gasteiger partial charge >= 0.3 is 5.97 Å². The molecule has 0 spiro atoms. The van der Waals surface area contributed by atoms with Gasteiger partial charge in [0.25, 0.3) is 11.6 Å². The zero-order valence-corrected chi connectivity index (χ0v) is 14.9. The quantitative estimate of drug-likeness (QED) is 0.488. The van der Waals surface area contributed by atoms with Crippen LogP contribution in [0.3, 0.4) is 0 Å². The van der Waals surface area contributed by atoms with Gasteiger partial charge in [-0.25, -0.2) is 4.79 Å². The highest BCUT2D eigenvalue weighted by molar-refractivity contribution is 6.32. The summed E-state index contributed by atoms with van der Waals surface area (Å²) >= 11 is 5.70. The zero-order chi connectivity index (χ0) is 18.6. The fourth-order valence-electron chi connectivity index (χ4n) is 3.03. The Hall–Kier alpha value is -2.15. The van der Waals surface area contributed by atoms with E-state index in [2.05, 4.69) is 19.2 Å². The number of amides is 1. The fraction of sp³-hybridized carbons (Fsp3) is 0.529. The average molecular weight is 369 g/mol. The maximum atomic E-state index is 12.0. The highest BCUT2D eigenvalue weighted by Gasteiger charge is 2.28. The summed E-state index contributed by atoms with van der Waals surface area (Å²) in [5.74, 6) is -0.272. The smallest absolute Gasteiger partial charge is 0.338 e. The summed E-state index contributed by atoms with van der Waals surface area (Å²) in [6.07, 6.45) is 3.12.